The van der Waals surface area contributed by atoms with Gasteiger partial charge in [-0.15, -0.1) is 0 Å². The lowest BCUT2D eigenvalue weighted by Crippen LogP contribution is -2.24. The van der Waals surface area contributed by atoms with Gasteiger partial charge in [-0.25, -0.2) is 10.5 Å². The third kappa shape index (κ3) is 3.59. The first kappa shape index (κ1) is 16.9. The number of carbonyl (C=O) groups is 1. The zero-order valence-electron chi connectivity index (χ0n) is 13.4. The monoisotopic (exact) mass is 354 g/mol. The molecule has 2 N–H and O–H groups in total. The molecule has 3 rings (SSSR count). The number of fused-ring (bicyclic) bond motifs is 1. The number of halogens is 1. The summed E-state index contributed by atoms with van der Waals surface area (Å²) in [6.45, 7) is 1.94. The molecule has 0 radical (unpaired) electrons. The predicted molar refractivity (Wildman–Crippen MR) is 98.1 cm³/mol. The van der Waals surface area contributed by atoms with E-state index in [1.54, 1.807) is 36.4 Å². The molecule has 0 unspecified atom stereocenters. The van der Waals surface area contributed by atoms with Gasteiger partial charge in [-0.2, -0.15) is 10.2 Å². The van der Waals surface area contributed by atoms with Gasteiger partial charge in [-0.3, -0.25) is 9.59 Å². The smallest absolute Gasteiger partial charge is 0.267 e. The van der Waals surface area contributed by atoms with E-state index in [4.69, 9.17) is 11.6 Å². The van der Waals surface area contributed by atoms with Gasteiger partial charge in [-0.05, 0) is 30.2 Å². The molecular weight excluding hydrogens is 340 g/mol. The van der Waals surface area contributed by atoms with E-state index < -0.39 is 5.91 Å². The fourth-order valence-electron chi connectivity index (χ4n) is 2.45. The van der Waals surface area contributed by atoms with Crippen LogP contribution in [0.3, 0.4) is 0 Å². The van der Waals surface area contributed by atoms with Gasteiger partial charge in [0, 0.05) is 10.4 Å². The van der Waals surface area contributed by atoms with E-state index in [0.717, 1.165) is 5.56 Å². The fraction of sp³-hybridized carbons (Fsp3) is 0.111. The zero-order valence-corrected chi connectivity index (χ0v) is 14.2. The molecule has 0 saturated heterocycles. The van der Waals surface area contributed by atoms with Crippen molar-refractivity contribution in [3.05, 3.63) is 75.2 Å². The van der Waals surface area contributed by atoms with Crippen LogP contribution in [-0.2, 0) is 0 Å². The summed E-state index contributed by atoms with van der Waals surface area (Å²) in [5.74, 6) is -0.493. The maximum absolute atomic E-state index is 12.5. The van der Waals surface area contributed by atoms with E-state index >= 15 is 0 Å². The summed E-state index contributed by atoms with van der Waals surface area (Å²) in [6.07, 6.45) is 0.627. The summed E-state index contributed by atoms with van der Waals surface area (Å²) in [7, 11) is 0. The third-order valence-electron chi connectivity index (χ3n) is 3.72. The van der Waals surface area contributed by atoms with Crippen LogP contribution in [0, 0.1) is 0 Å². The Kier molecular flexibility index (Phi) is 4.90. The van der Waals surface area contributed by atoms with Gasteiger partial charge in [-0.1, -0.05) is 48.9 Å². The number of amides is 1. The number of rotatable bonds is 4. The van der Waals surface area contributed by atoms with Crippen molar-refractivity contribution >= 4 is 34.0 Å². The third-order valence-corrected chi connectivity index (χ3v) is 3.97. The van der Waals surface area contributed by atoms with Gasteiger partial charge in [0.15, 0.2) is 5.69 Å². The number of nitrogens with zero attached hydrogens (tertiary/aromatic N) is 2. The summed E-state index contributed by atoms with van der Waals surface area (Å²) >= 11 is 5.89. The largest absolute Gasteiger partial charge is 0.292 e. The van der Waals surface area contributed by atoms with Gasteiger partial charge in [0.25, 0.3) is 11.5 Å². The predicted octanol–water partition coefficient (Wildman–Crippen LogP) is 3.12. The van der Waals surface area contributed by atoms with Crippen LogP contribution in [0.1, 0.15) is 29.4 Å². The molecule has 0 aliphatic heterocycles. The quantitative estimate of drug-likeness (QED) is 0.557. The van der Waals surface area contributed by atoms with Crippen molar-refractivity contribution in [1.29, 1.82) is 0 Å². The van der Waals surface area contributed by atoms with Crippen molar-refractivity contribution in [2.75, 3.05) is 0 Å². The summed E-state index contributed by atoms with van der Waals surface area (Å²) in [5.41, 5.74) is 3.86. The lowest BCUT2D eigenvalue weighted by molar-refractivity contribution is 0.0950. The van der Waals surface area contributed by atoms with Crippen molar-refractivity contribution in [1.82, 2.24) is 15.6 Å². The minimum Gasteiger partial charge on any atom is -0.267 e. The fourth-order valence-corrected chi connectivity index (χ4v) is 2.58. The number of hydrogen-bond acceptors (Lipinski definition) is 4. The number of carbonyl (C=O) groups excluding carboxylic acids is 1. The Labute approximate surface area is 148 Å². The molecule has 6 nitrogen and oxygen atoms in total. The summed E-state index contributed by atoms with van der Waals surface area (Å²) in [5, 5.41) is 11.9. The molecular formula is C18H15ClN4O2. The Morgan fingerprint density at radius 3 is 2.52 bits per heavy atom. The lowest BCUT2D eigenvalue weighted by atomic mass is 10.1. The van der Waals surface area contributed by atoms with E-state index in [2.05, 4.69) is 20.7 Å². The molecule has 0 fully saturated rings. The number of aromatic amines is 1. The molecule has 0 saturated carbocycles. The summed E-state index contributed by atoms with van der Waals surface area (Å²) < 4.78 is 0. The van der Waals surface area contributed by atoms with E-state index in [1.165, 1.54) is 0 Å². The Bertz CT molecular complexity index is 1010. The normalized spacial score (nSPS) is 11.5. The first-order valence-electron chi connectivity index (χ1n) is 7.70. The van der Waals surface area contributed by atoms with Gasteiger partial charge in [0.1, 0.15) is 0 Å². The van der Waals surface area contributed by atoms with Gasteiger partial charge >= 0.3 is 0 Å². The lowest BCUT2D eigenvalue weighted by Gasteiger charge is -2.06. The van der Waals surface area contributed by atoms with Gasteiger partial charge in [0.05, 0.1) is 11.1 Å². The van der Waals surface area contributed by atoms with Crippen molar-refractivity contribution in [2.45, 2.75) is 13.3 Å². The second-order valence-electron chi connectivity index (χ2n) is 5.31. The van der Waals surface area contributed by atoms with Crippen molar-refractivity contribution < 1.29 is 4.79 Å². The molecule has 25 heavy (non-hydrogen) atoms. The Morgan fingerprint density at radius 2 is 1.84 bits per heavy atom. The molecule has 1 aromatic heterocycles. The van der Waals surface area contributed by atoms with E-state index in [1.807, 2.05) is 19.1 Å². The molecule has 1 heterocycles. The number of benzene rings is 2. The van der Waals surface area contributed by atoms with Gasteiger partial charge in [0.2, 0.25) is 0 Å². The van der Waals surface area contributed by atoms with Crippen LogP contribution in [0.15, 0.2) is 58.4 Å². The Balaban J connectivity index is 1.90. The first-order chi connectivity index (χ1) is 12.1. The van der Waals surface area contributed by atoms with Crippen LogP contribution >= 0.6 is 11.6 Å². The molecule has 1 amide bonds. The maximum atomic E-state index is 12.5. The topological polar surface area (TPSA) is 87.2 Å². The highest BCUT2D eigenvalue weighted by molar-refractivity contribution is 6.30. The molecule has 0 spiro atoms. The van der Waals surface area contributed by atoms with Crippen LogP contribution in [0.4, 0.5) is 0 Å². The molecule has 7 heteroatoms. The standard InChI is InChI=1S/C18H15ClN4O2/c1-2-15(11-7-9-12(19)10-8-11)20-23-18(25)16-13-5-3-4-6-14(13)17(24)22-21-16/h3-10H,2H2,1H3,(H,22,24)(H,23,25)/b20-15+. The Hall–Kier alpha value is -2.99. The highest BCUT2D eigenvalue weighted by Crippen LogP contribution is 2.13. The summed E-state index contributed by atoms with van der Waals surface area (Å²) in [4.78, 5) is 24.2. The zero-order chi connectivity index (χ0) is 17.8. The number of aromatic nitrogens is 2. The number of hydrogen-bond donors (Lipinski definition) is 2. The number of nitrogens with one attached hydrogen (secondary N) is 2. The van der Waals surface area contributed by atoms with Crippen molar-refractivity contribution in [2.24, 2.45) is 5.10 Å². The van der Waals surface area contributed by atoms with Crippen molar-refractivity contribution in [3.63, 3.8) is 0 Å². The number of H-pyrrole nitrogens is 1. The SMILES string of the molecule is CC/C(=N\NC(=O)c1n[nH]c(=O)c2ccccc12)c1ccc(Cl)cc1. The van der Waals surface area contributed by atoms with Crippen molar-refractivity contribution in [3.8, 4) is 0 Å². The highest BCUT2D eigenvalue weighted by Gasteiger charge is 2.13. The average Bonchev–Trinajstić information content (AvgIpc) is 2.64. The molecule has 3 aromatic rings. The molecule has 126 valence electrons. The molecule has 0 atom stereocenters. The number of hydrazone groups is 1. The van der Waals surface area contributed by atoms with E-state index in [0.29, 0.717) is 27.9 Å². The second kappa shape index (κ2) is 7.27. The average molecular weight is 355 g/mol. The van der Waals surface area contributed by atoms with Gasteiger partial charge < -0.3 is 0 Å². The Morgan fingerprint density at radius 1 is 1.16 bits per heavy atom. The van der Waals surface area contributed by atoms with Crippen LogP contribution in [-0.4, -0.2) is 21.8 Å². The minimum absolute atomic E-state index is 0.116. The molecule has 0 bridgehead atoms. The van der Waals surface area contributed by atoms with Crippen LogP contribution in [0.5, 0.6) is 0 Å². The highest BCUT2D eigenvalue weighted by atomic mass is 35.5. The van der Waals surface area contributed by atoms with Crippen LogP contribution in [0.25, 0.3) is 10.8 Å². The van der Waals surface area contributed by atoms with Crippen LogP contribution in [0.2, 0.25) is 5.02 Å². The molecule has 0 aliphatic rings. The maximum Gasteiger partial charge on any atom is 0.292 e. The van der Waals surface area contributed by atoms with Crippen LogP contribution < -0.4 is 11.0 Å². The van der Waals surface area contributed by atoms with E-state index in [9.17, 15) is 9.59 Å². The molecule has 2 aromatic carbocycles. The first-order valence-corrected chi connectivity index (χ1v) is 8.08. The second-order valence-corrected chi connectivity index (χ2v) is 5.74. The van der Waals surface area contributed by atoms with E-state index in [-0.39, 0.29) is 11.3 Å². The molecule has 0 aliphatic carbocycles. The summed E-state index contributed by atoms with van der Waals surface area (Å²) in [6, 6.07) is 14.0. The minimum atomic E-state index is -0.493.